The lowest BCUT2D eigenvalue weighted by Gasteiger charge is -2.40. The molecule has 0 saturated carbocycles. The van der Waals surface area contributed by atoms with E-state index >= 15 is 4.39 Å². The van der Waals surface area contributed by atoms with Gasteiger partial charge in [-0.2, -0.15) is 5.10 Å². The Bertz CT molecular complexity index is 1330. The minimum absolute atomic E-state index is 0.0366. The Morgan fingerprint density at radius 1 is 1.17 bits per heavy atom. The maximum Gasteiger partial charge on any atom is 0.274 e. The van der Waals surface area contributed by atoms with E-state index in [0.29, 0.717) is 36.3 Å². The summed E-state index contributed by atoms with van der Waals surface area (Å²) in [5, 5.41) is 6.81. The van der Waals surface area contributed by atoms with Crippen molar-refractivity contribution in [2.24, 2.45) is 22.6 Å². The molecule has 2 aliphatic heterocycles. The summed E-state index contributed by atoms with van der Waals surface area (Å²) in [6.45, 7) is 2.70. The Morgan fingerprint density at radius 3 is 2.80 bits per heavy atom. The monoisotopic (exact) mass is 475 g/mol. The lowest BCUT2D eigenvalue weighted by atomic mass is 9.41. The van der Waals surface area contributed by atoms with E-state index in [1.165, 1.54) is 18.3 Å². The minimum Gasteiger partial charge on any atom is -0.367 e. The van der Waals surface area contributed by atoms with Crippen LogP contribution < -0.4 is 27.3 Å². The second-order valence-corrected chi connectivity index (χ2v) is 8.98. The normalized spacial score (nSPS) is 21.1. The number of hydrogen-bond donors (Lipinski definition) is 3. The third-order valence-electron chi connectivity index (χ3n) is 6.72. The first-order valence-corrected chi connectivity index (χ1v) is 11.4. The third-order valence-corrected chi connectivity index (χ3v) is 6.72. The number of piperidine rings is 1. The summed E-state index contributed by atoms with van der Waals surface area (Å²) < 4.78 is 30.1. The van der Waals surface area contributed by atoms with Crippen molar-refractivity contribution in [3.05, 3.63) is 66.1 Å². The molecule has 4 bridgehead atoms. The molecule has 1 aromatic carbocycles. The second-order valence-electron chi connectivity index (χ2n) is 8.98. The van der Waals surface area contributed by atoms with Gasteiger partial charge in [0.15, 0.2) is 6.71 Å². The van der Waals surface area contributed by atoms with Crippen LogP contribution >= 0.6 is 0 Å². The zero-order valence-corrected chi connectivity index (χ0v) is 19.1. The van der Waals surface area contributed by atoms with Crippen LogP contribution in [-0.4, -0.2) is 47.4 Å². The van der Waals surface area contributed by atoms with Crippen molar-refractivity contribution in [3.63, 3.8) is 0 Å². The van der Waals surface area contributed by atoms with Gasteiger partial charge in [-0.15, -0.1) is 0 Å². The number of hydrogen-bond acceptors (Lipinski definition) is 7. The molecule has 0 aliphatic carbocycles. The fraction of sp³-hybridized carbons (Fsp3) is 0.250. The van der Waals surface area contributed by atoms with Crippen molar-refractivity contribution < 1.29 is 13.6 Å². The van der Waals surface area contributed by atoms with E-state index < -0.39 is 23.6 Å². The van der Waals surface area contributed by atoms with Crippen molar-refractivity contribution >= 4 is 35.2 Å². The van der Waals surface area contributed by atoms with Crippen molar-refractivity contribution in [1.29, 1.82) is 0 Å². The summed E-state index contributed by atoms with van der Waals surface area (Å²) in [5.41, 5.74) is 8.69. The van der Waals surface area contributed by atoms with Crippen LogP contribution in [0.4, 0.5) is 20.2 Å². The highest BCUT2D eigenvalue weighted by molar-refractivity contribution is 6.73. The van der Waals surface area contributed by atoms with Gasteiger partial charge >= 0.3 is 0 Å². The molecule has 1 fully saturated rings. The maximum atomic E-state index is 15.2. The van der Waals surface area contributed by atoms with E-state index in [1.807, 2.05) is 6.82 Å². The van der Waals surface area contributed by atoms with Gasteiger partial charge in [0, 0.05) is 30.8 Å². The van der Waals surface area contributed by atoms with Crippen molar-refractivity contribution in [2.75, 3.05) is 23.3 Å². The Morgan fingerprint density at radius 2 is 2.00 bits per heavy atom. The number of carbonyl (C=O) groups is 1. The van der Waals surface area contributed by atoms with E-state index in [2.05, 4.69) is 25.3 Å². The average Bonchev–Trinajstić information content (AvgIpc) is 2.84. The van der Waals surface area contributed by atoms with Crippen molar-refractivity contribution in [3.8, 4) is 11.3 Å². The van der Waals surface area contributed by atoms with Gasteiger partial charge in [-0.3, -0.25) is 9.78 Å². The Kier molecular flexibility index (Phi) is 5.94. The Labute approximate surface area is 201 Å². The highest BCUT2D eigenvalue weighted by atomic mass is 19.1. The zero-order valence-electron chi connectivity index (χ0n) is 19.1. The number of anilines is 2. The number of rotatable bonds is 0. The maximum absolute atomic E-state index is 15.2. The molecule has 5 rings (SSSR count). The van der Waals surface area contributed by atoms with Crippen LogP contribution in [-0.2, 0) is 0 Å². The van der Waals surface area contributed by atoms with E-state index in [-0.39, 0.29) is 29.6 Å². The van der Waals surface area contributed by atoms with Gasteiger partial charge in [0.2, 0.25) is 0 Å². The predicted octanol–water partition coefficient (Wildman–Crippen LogP) is 2.10. The van der Waals surface area contributed by atoms with Gasteiger partial charge in [-0.1, -0.05) is 30.7 Å². The molecule has 3 aromatic rings. The Hall–Kier alpha value is -3.86. The summed E-state index contributed by atoms with van der Waals surface area (Å²) in [6, 6.07) is 8.37. The number of amides is 1. The van der Waals surface area contributed by atoms with Crippen LogP contribution in [0.3, 0.4) is 0 Å². The molecule has 35 heavy (non-hydrogen) atoms. The number of pyridine rings is 2. The summed E-state index contributed by atoms with van der Waals surface area (Å²) in [6.07, 6.45) is 3.72. The lowest BCUT2D eigenvalue weighted by molar-refractivity contribution is 0.102. The lowest BCUT2D eigenvalue weighted by Crippen LogP contribution is -2.55. The van der Waals surface area contributed by atoms with Crippen LogP contribution in [0, 0.1) is 17.6 Å². The predicted molar refractivity (Wildman–Crippen MR) is 133 cm³/mol. The topological polar surface area (TPSA) is 123 Å². The van der Waals surface area contributed by atoms with Crippen LogP contribution in [0.5, 0.6) is 0 Å². The quantitative estimate of drug-likeness (QED) is 0.260. The fourth-order valence-electron chi connectivity index (χ4n) is 5.11. The molecule has 1 saturated heterocycles. The fourth-order valence-corrected chi connectivity index (χ4v) is 5.11. The molecule has 0 radical (unpaired) electrons. The van der Waals surface area contributed by atoms with Crippen molar-refractivity contribution in [2.45, 2.75) is 19.2 Å². The Balaban J connectivity index is 1.73. The third kappa shape index (κ3) is 4.12. The number of aromatic nitrogens is 2. The molecule has 2 aromatic heterocycles. The number of halogens is 2. The molecule has 178 valence electrons. The van der Waals surface area contributed by atoms with Gasteiger partial charge in [0.05, 0.1) is 29.3 Å². The molecular formula is C24H24BF2N7O. The summed E-state index contributed by atoms with van der Waals surface area (Å²) in [7, 11) is 0. The number of nitrogens with zero attached hydrogens (tertiary/aromatic N) is 4. The molecule has 5 N–H and O–H groups in total. The molecule has 4 heterocycles. The summed E-state index contributed by atoms with van der Waals surface area (Å²) >= 11 is 0. The van der Waals surface area contributed by atoms with E-state index in [9.17, 15) is 9.18 Å². The minimum atomic E-state index is -0.718. The molecule has 2 unspecified atom stereocenters. The first-order chi connectivity index (χ1) is 16.9. The summed E-state index contributed by atoms with van der Waals surface area (Å²) in [5.74, 6) is 3.68. The van der Waals surface area contributed by atoms with E-state index in [0.717, 1.165) is 11.8 Å². The number of nitrogens with one attached hydrogen (secondary N) is 1. The molecule has 8 nitrogen and oxygen atoms in total. The molecule has 1 amide bonds. The molecule has 2 atom stereocenters. The van der Waals surface area contributed by atoms with Crippen LogP contribution in [0.15, 0.2) is 53.9 Å². The second kappa shape index (κ2) is 9.07. The number of hydrazone groups is 1. The van der Waals surface area contributed by atoms with Gasteiger partial charge < -0.3 is 21.8 Å². The molecule has 2 aliphatic rings. The SMILES string of the molecule is CB1CC2CN(CC(N)/C2=N\N)c2ccncc2NC(=O)c2ccc(F)c(n2)-c2c(F)cccc21. The largest absolute Gasteiger partial charge is 0.367 e. The van der Waals surface area contributed by atoms with Crippen LogP contribution in [0.2, 0.25) is 13.1 Å². The smallest absolute Gasteiger partial charge is 0.274 e. The van der Waals surface area contributed by atoms with Crippen LogP contribution in [0.25, 0.3) is 11.3 Å². The average molecular weight is 475 g/mol. The molecule has 0 spiro atoms. The van der Waals surface area contributed by atoms with E-state index in [1.54, 1.807) is 24.4 Å². The van der Waals surface area contributed by atoms with Crippen LogP contribution in [0.1, 0.15) is 10.5 Å². The zero-order chi connectivity index (χ0) is 24.7. The number of fused-ring (bicyclic) bond motifs is 8. The highest BCUT2D eigenvalue weighted by Crippen LogP contribution is 2.32. The number of carbonyl (C=O) groups excluding carboxylic acids is 1. The number of nitrogens with two attached hydrogens (primary N) is 2. The van der Waals surface area contributed by atoms with Gasteiger partial charge in [0.1, 0.15) is 23.0 Å². The first-order valence-electron chi connectivity index (χ1n) is 11.4. The summed E-state index contributed by atoms with van der Waals surface area (Å²) in [4.78, 5) is 23.6. The molecule has 11 heteroatoms. The van der Waals surface area contributed by atoms with E-state index in [4.69, 9.17) is 11.6 Å². The van der Waals surface area contributed by atoms with Gasteiger partial charge in [-0.25, -0.2) is 13.8 Å². The molecular weight excluding hydrogens is 451 g/mol. The standard InChI is InChI=1S/C24H24BF2N7O/c1-25-9-13-11-34(12-17(28)22(13)33-29)20-7-8-30-10-19(20)32-24(35)18-6-5-16(27)23(31-18)21-14(25)3-2-4-15(21)26/h2-8,10,13,17H,9,11-12,28-29H2,1H3,(H,32,35)/b33-22-. The number of benzene rings is 1. The first kappa shape index (κ1) is 22.9. The van der Waals surface area contributed by atoms with Crippen molar-refractivity contribution in [1.82, 2.24) is 9.97 Å². The van der Waals surface area contributed by atoms with Gasteiger partial charge in [0.25, 0.3) is 5.91 Å². The van der Waals surface area contributed by atoms with Gasteiger partial charge in [-0.05, 0) is 24.3 Å². The highest BCUT2D eigenvalue weighted by Gasteiger charge is 2.35.